The van der Waals surface area contributed by atoms with Crippen LogP contribution in [-0.4, -0.2) is 5.11 Å². The lowest BCUT2D eigenvalue weighted by atomic mass is 10.0. The van der Waals surface area contributed by atoms with Crippen molar-refractivity contribution in [2.45, 2.75) is 20.0 Å². The Balaban J connectivity index is 2.27. The molecule has 3 rings (SSSR count). The number of hydrogen-bond donors (Lipinski definition) is 3. The van der Waals surface area contributed by atoms with E-state index in [1.807, 2.05) is 26.0 Å². The Morgan fingerprint density at radius 3 is 2.79 bits per heavy atom. The van der Waals surface area contributed by atoms with Crippen molar-refractivity contribution >= 4 is 28.3 Å². The van der Waals surface area contributed by atoms with Gasteiger partial charge < -0.3 is 9.73 Å². The van der Waals surface area contributed by atoms with Gasteiger partial charge >= 0.3 is 5.63 Å². The first kappa shape index (κ1) is 12.1. The highest BCUT2D eigenvalue weighted by Crippen LogP contribution is 2.26. The molecule has 2 aromatic rings. The van der Waals surface area contributed by atoms with Gasteiger partial charge in [0.05, 0.1) is 0 Å². The molecule has 1 fully saturated rings. The number of hydrogen-bond acceptors (Lipinski definition) is 4. The Bertz CT molecular complexity index is 738. The summed E-state index contributed by atoms with van der Waals surface area (Å²) in [4.78, 5) is 11.7. The van der Waals surface area contributed by atoms with Crippen LogP contribution in [0.3, 0.4) is 0 Å². The lowest BCUT2D eigenvalue weighted by molar-refractivity contribution is 0.530. The molecule has 0 aliphatic carbocycles. The van der Waals surface area contributed by atoms with Crippen LogP contribution in [0.4, 0.5) is 0 Å². The minimum atomic E-state index is -0.363. The van der Waals surface area contributed by atoms with Crippen molar-refractivity contribution in [1.82, 2.24) is 16.2 Å². The lowest BCUT2D eigenvalue weighted by Crippen LogP contribution is -2.27. The number of nitrogens with one attached hydrogen (secondary N) is 3. The monoisotopic (exact) mass is 275 g/mol. The van der Waals surface area contributed by atoms with Gasteiger partial charge in [0.2, 0.25) is 0 Å². The van der Waals surface area contributed by atoms with Crippen molar-refractivity contribution in [2.75, 3.05) is 0 Å². The van der Waals surface area contributed by atoms with Crippen molar-refractivity contribution in [3.05, 3.63) is 45.3 Å². The van der Waals surface area contributed by atoms with E-state index < -0.39 is 0 Å². The van der Waals surface area contributed by atoms with Crippen LogP contribution in [0.15, 0.2) is 27.4 Å². The van der Waals surface area contributed by atoms with E-state index in [0.717, 1.165) is 22.1 Å². The number of rotatable bonds is 1. The van der Waals surface area contributed by atoms with Crippen LogP contribution in [0.1, 0.15) is 22.9 Å². The fraction of sp³-hybridized carbons (Fsp3) is 0.231. The van der Waals surface area contributed by atoms with E-state index in [1.165, 1.54) is 6.07 Å². The Morgan fingerprint density at radius 1 is 1.32 bits per heavy atom. The normalized spacial score (nSPS) is 18.4. The molecule has 1 aliphatic rings. The van der Waals surface area contributed by atoms with Crippen molar-refractivity contribution in [2.24, 2.45) is 0 Å². The predicted molar refractivity (Wildman–Crippen MR) is 76.7 cm³/mol. The summed E-state index contributed by atoms with van der Waals surface area (Å²) in [6.45, 7) is 3.94. The van der Waals surface area contributed by atoms with E-state index in [0.29, 0.717) is 10.7 Å². The van der Waals surface area contributed by atoms with Gasteiger partial charge in [-0.05, 0) is 37.2 Å². The van der Waals surface area contributed by atoms with Crippen molar-refractivity contribution in [3.63, 3.8) is 0 Å². The Morgan fingerprint density at radius 2 is 2.11 bits per heavy atom. The molecule has 3 N–H and O–H groups in total. The van der Waals surface area contributed by atoms with E-state index in [4.69, 9.17) is 16.6 Å². The fourth-order valence-corrected chi connectivity index (χ4v) is 2.40. The highest BCUT2D eigenvalue weighted by Gasteiger charge is 2.22. The number of fused-ring (bicyclic) bond motifs is 1. The van der Waals surface area contributed by atoms with Crippen LogP contribution in [0.2, 0.25) is 0 Å². The zero-order valence-electron chi connectivity index (χ0n) is 10.5. The molecule has 1 saturated heterocycles. The Kier molecular flexibility index (Phi) is 2.76. The third-order valence-electron chi connectivity index (χ3n) is 3.38. The summed E-state index contributed by atoms with van der Waals surface area (Å²) < 4.78 is 5.34. The third-order valence-corrected chi connectivity index (χ3v) is 3.60. The zero-order chi connectivity index (χ0) is 13.6. The summed E-state index contributed by atoms with van der Waals surface area (Å²) >= 11 is 5.01. The second-order valence-electron chi connectivity index (χ2n) is 4.58. The van der Waals surface area contributed by atoms with Gasteiger partial charge in [0.1, 0.15) is 11.7 Å². The molecule has 0 bridgehead atoms. The van der Waals surface area contributed by atoms with Gasteiger partial charge in [-0.3, -0.25) is 5.43 Å². The summed E-state index contributed by atoms with van der Waals surface area (Å²) in [7, 11) is 0. The quantitative estimate of drug-likeness (QED) is 0.540. The standard InChI is InChI=1S/C13H13N3O2S/c1-6-3-4-8-9(12-14-13(19)16-15-12)5-10(17)18-11(8)7(6)2/h3-5,12,15H,1-2H3,(H2,14,16,19). The number of benzene rings is 1. The molecule has 19 heavy (non-hydrogen) atoms. The highest BCUT2D eigenvalue weighted by atomic mass is 32.1. The lowest BCUT2D eigenvalue weighted by Gasteiger charge is -2.13. The van der Waals surface area contributed by atoms with Crippen molar-refractivity contribution in [1.29, 1.82) is 0 Å². The van der Waals surface area contributed by atoms with E-state index in [2.05, 4.69) is 16.2 Å². The maximum absolute atomic E-state index is 11.7. The molecule has 1 aliphatic heterocycles. The maximum Gasteiger partial charge on any atom is 0.336 e. The summed E-state index contributed by atoms with van der Waals surface area (Å²) in [6, 6.07) is 5.46. The molecule has 0 saturated carbocycles. The smallest absolute Gasteiger partial charge is 0.336 e. The number of aryl methyl sites for hydroxylation is 2. The van der Waals surface area contributed by atoms with Crippen LogP contribution >= 0.6 is 12.2 Å². The van der Waals surface area contributed by atoms with Crippen LogP contribution in [-0.2, 0) is 0 Å². The van der Waals surface area contributed by atoms with Crippen LogP contribution in [0, 0.1) is 13.8 Å². The summed E-state index contributed by atoms with van der Waals surface area (Å²) in [5.74, 6) is 0. The molecular weight excluding hydrogens is 262 g/mol. The number of thiocarbonyl (C=S) groups is 1. The van der Waals surface area contributed by atoms with E-state index in [-0.39, 0.29) is 11.8 Å². The van der Waals surface area contributed by atoms with Crippen LogP contribution in [0.25, 0.3) is 11.0 Å². The first-order chi connectivity index (χ1) is 9.06. The largest absolute Gasteiger partial charge is 0.422 e. The molecule has 1 unspecified atom stereocenters. The second-order valence-corrected chi connectivity index (χ2v) is 4.99. The van der Waals surface area contributed by atoms with Crippen LogP contribution in [0.5, 0.6) is 0 Å². The first-order valence-electron chi connectivity index (χ1n) is 5.92. The molecular formula is C13H13N3O2S. The molecule has 5 nitrogen and oxygen atoms in total. The first-order valence-corrected chi connectivity index (χ1v) is 6.33. The maximum atomic E-state index is 11.7. The summed E-state index contributed by atoms with van der Waals surface area (Å²) in [6.07, 6.45) is -0.235. The minimum Gasteiger partial charge on any atom is -0.422 e. The third kappa shape index (κ3) is 1.98. The average molecular weight is 275 g/mol. The molecule has 1 aromatic carbocycles. The summed E-state index contributed by atoms with van der Waals surface area (Å²) in [5.41, 5.74) is 8.96. The predicted octanol–water partition coefficient (Wildman–Crippen LogP) is 1.39. The van der Waals surface area contributed by atoms with Gasteiger partial charge in [-0.2, -0.15) is 0 Å². The molecule has 1 atom stereocenters. The Labute approximate surface area is 115 Å². The van der Waals surface area contributed by atoms with Crippen LogP contribution < -0.4 is 21.8 Å². The van der Waals surface area contributed by atoms with Crippen molar-refractivity contribution < 1.29 is 4.42 Å². The fourth-order valence-electron chi connectivity index (χ4n) is 2.22. The van der Waals surface area contributed by atoms with E-state index in [9.17, 15) is 4.79 Å². The molecule has 0 amide bonds. The molecule has 0 spiro atoms. The molecule has 2 heterocycles. The summed E-state index contributed by atoms with van der Waals surface area (Å²) in [5, 5.41) is 4.46. The van der Waals surface area contributed by atoms with Gasteiger partial charge in [-0.1, -0.05) is 12.1 Å². The van der Waals surface area contributed by atoms with E-state index in [1.54, 1.807) is 0 Å². The van der Waals surface area contributed by atoms with Gasteiger partial charge in [0.25, 0.3) is 0 Å². The van der Waals surface area contributed by atoms with Gasteiger partial charge in [-0.25, -0.2) is 10.2 Å². The van der Waals surface area contributed by atoms with Crippen molar-refractivity contribution in [3.8, 4) is 0 Å². The molecule has 1 aromatic heterocycles. The molecule has 98 valence electrons. The SMILES string of the molecule is Cc1ccc2c(C3NNC(=S)N3)cc(=O)oc2c1C. The molecule has 0 radical (unpaired) electrons. The zero-order valence-corrected chi connectivity index (χ0v) is 11.4. The average Bonchev–Trinajstić information content (AvgIpc) is 2.80. The van der Waals surface area contributed by atoms with E-state index >= 15 is 0 Å². The minimum absolute atomic E-state index is 0.235. The van der Waals surface area contributed by atoms with Gasteiger partial charge in [0, 0.05) is 17.0 Å². The topological polar surface area (TPSA) is 66.3 Å². The number of hydrazine groups is 1. The highest BCUT2D eigenvalue weighted by molar-refractivity contribution is 7.80. The second kappa shape index (κ2) is 4.32. The van der Waals surface area contributed by atoms with Gasteiger partial charge in [-0.15, -0.1) is 0 Å². The van der Waals surface area contributed by atoms with Gasteiger partial charge in [0.15, 0.2) is 5.11 Å². The molecule has 6 heteroatoms. The Hall–Kier alpha value is -1.92.